The Balaban J connectivity index is 1.66. The summed E-state index contributed by atoms with van der Waals surface area (Å²) < 4.78 is 0. The topological polar surface area (TPSA) is 28.2 Å². The van der Waals surface area contributed by atoms with Gasteiger partial charge in [-0.05, 0) is 38.0 Å². The van der Waals surface area contributed by atoms with Gasteiger partial charge >= 0.3 is 0 Å². The summed E-state index contributed by atoms with van der Waals surface area (Å²) in [5.41, 5.74) is 1.21. The molecular formula is C15H25N3S. The number of anilines is 1. The molecule has 1 aliphatic heterocycles. The van der Waals surface area contributed by atoms with Gasteiger partial charge in [0.2, 0.25) is 0 Å². The van der Waals surface area contributed by atoms with E-state index in [-0.39, 0.29) is 0 Å². The van der Waals surface area contributed by atoms with Gasteiger partial charge in [-0.1, -0.05) is 13.8 Å². The van der Waals surface area contributed by atoms with Crippen molar-refractivity contribution in [2.75, 3.05) is 11.4 Å². The van der Waals surface area contributed by atoms with Crippen LogP contribution in [-0.4, -0.2) is 23.6 Å². The Morgan fingerprint density at radius 1 is 1.37 bits per heavy atom. The van der Waals surface area contributed by atoms with Gasteiger partial charge in [0.05, 0.1) is 5.69 Å². The van der Waals surface area contributed by atoms with E-state index in [4.69, 9.17) is 4.98 Å². The second kappa shape index (κ2) is 5.41. The molecular weight excluding hydrogens is 254 g/mol. The maximum absolute atomic E-state index is 4.83. The SMILES string of the molecule is CC1CC(C)C(C)N(c2nc(CNC3CC3)cs2)C1. The molecule has 3 atom stereocenters. The van der Waals surface area contributed by atoms with Gasteiger partial charge in [-0.3, -0.25) is 0 Å². The Kier molecular flexibility index (Phi) is 3.81. The zero-order chi connectivity index (χ0) is 13.4. The first-order valence-electron chi connectivity index (χ1n) is 7.58. The van der Waals surface area contributed by atoms with E-state index in [9.17, 15) is 0 Å². The molecule has 3 rings (SSSR count). The van der Waals surface area contributed by atoms with Gasteiger partial charge in [0.1, 0.15) is 0 Å². The average Bonchev–Trinajstić information content (AvgIpc) is 3.09. The monoisotopic (exact) mass is 279 g/mol. The van der Waals surface area contributed by atoms with Crippen molar-refractivity contribution in [1.82, 2.24) is 10.3 Å². The van der Waals surface area contributed by atoms with Gasteiger partial charge < -0.3 is 10.2 Å². The fourth-order valence-corrected chi connectivity index (χ4v) is 3.94. The molecule has 0 spiro atoms. The number of hydrogen-bond donors (Lipinski definition) is 1. The van der Waals surface area contributed by atoms with Crippen LogP contribution in [0.3, 0.4) is 0 Å². The van der Waals surface area contributed by atoms with E-state index in [1.807, 2.05) is 11.3 Å². The van der Waals surface area contributed by atoms with Crippen molar-refractivity contribution in [3.63, 3.8) is 0 Å². The Morgan fingerprint density at radius 3 is 2.89 bits per heavy atom. The minimum absolute atomic E-state index is 0.617. The minimum Gasteiger partial charge on any atom is -0.345 e. The van der Waals surface area contributed by atoms with Crippen LogP contribution in [0.4, 0.5) is 5.13 Å². The van der Waals surface area contributed by atoms with E-state index in [0.717, 1.165) is 31.0 Å². The lowest BCUT2D eigenvalue weighted by Crippen LogP contribution is -2.45. The first kappa shape index (κ1) is 13.4. The predicted octanol–water partition coefficient (Wildman–Crippen LogP) is 3.27. The molecule has 4 heteroatoms. The summed E-state index contributed by atoms with van der Waals surface area (Å²) in [6, 6.07) is 1.38. The van der Waals surface area contributed by atoms with Crippen LogP contribution in [0.25, 0.3) is 0 Å². The second-order valence-electron chi connectivity index (χ2n) is 6.49. The fourth-order valence-electron chi connectivity index (χ4n) is 3.01. The molecule has 1 saturated heterocycles. The lowest BCUT2D eigenvalue weighted by Gasteiger charge is -2.41. The minimum atomic E-state index is 0.617. The molecule has 3 nitrogen and oxygen atoms in total. The Morgan fingerprint density at radius 2 is 2.16 bits per heavy atom. The summed E-state index contributed by atoms with van der Waals surface area (Å²) >= 11 is 1.81. The molecule has 0 radical (unpaired) electrons. The van der Waals surface area contributed by atoms with Crippen molar-refractivity contribution in [2.45, 2.75) is 58.7 Å². The molecule has 0 bridgehead atoms. The number of thiazole rings is 1. The van der Waals surface area contributed by atoms with E-state index in [2.05, 4.69) is 36.4 Å². The molecule has 106 valence electrons. The third kappa shape index (κ3) is 3.11. The summed E-state index contributed by atoms with van der Waals surface area (Å²) in [6.45, 7) is 9.18. The number of nitrogens with one attached hydrogen (secondary N) is 1. The van der Waals surface area contributed by atoms with Crippen molar-refractivity contribution >= 4 is 16.5 Å². The van der Waals surface area contributed by atoms with Crippen molar-refractivity contribution < 1.29 is 0 Å². The van der Waals surface area contributed by atoms with E-state index in [1.54, 1.807) is 0 Å². The molecule has 2 heterocycles. The van der Waals surface area contributed by atoms with Crippen LogP contribution in [-0.2, 0) is 6.54 Å². The summed E-state index contributed by atoms with van der Waals surface area (Å²) in [6.07, 6.45) is 4.03. The lowest BCUT2D eigenvalue weighted by atomic mass is 9.86. The molecule has 1 N–H and O–H groups in total. The molecule has 1 aliphatic carbocycles. The van der Waals surface area contributed by atoms with E-state index in [1.165, 1.54) is 30.1 Å². The Hall–Kier alpha value is -0.610. The molecule has 0 aromatic carbocycles. The molecule has 1 saturated carbocycles. The lowest BCUT2D eigenvalue weighted by molar-refractivity contribution is 0.296. The average molecular weight is 279 g/mol. The number of nitrogens with zero attached hydrogens (tertiary/aromatic N) is 2. The third-order valence-electron chi connectivity index (χ3n) is 4.53. The van der Waals surface area contributed by atoms with Crippen LogP contribution in [0, 0.1) is 11.8 Å². The van der Waals surface area contributed by atoms with Crippen molar-refractivity contribution in [2.24, 2.45) is 11.8 Å². The van der Waals surface area contributed by atoms with Gasteiger partial charge in [-0.15, -0.1) is 11.3 Å². The van der Waals surface area contributed by atoms with Crippen LogP contribution >= 0.6 is 11.3 Å². The molecule has 1 aromatic rings. The Labute approximate surface area is 120 Å². The first-order valence-corrected chi connectivity index (χ1v) is 8.46. The number of rotatable bonds is 4. The highest BCUT2D eigenvalue weighted by atomic mass is 32.1. The summed E-state index contributed by atoms with van der Waals surface area (Å²) in [7, 11) is 0. The van der Waals surface area contributed by atoms with Crippen LogP contribution < -0.4 is 10.2 Å². The Bertz CT molecular complexity index is 427. The third-order valence-corrected chi connectivity index (χ3v) is 5.46. The van der Waals surface area contributed by atoms with Gasteiger partial charge in [0.15, 0.2) is 5.13 Å². The van der Waals surface area contributed by atoms with Crippen LogP contribution in [0.5, 0.6) is 0 Å². The highest BCUT2D eigenvalue weighted by Crippen LogP contribution is 2.33. The predicted molar refractivity (Wildman–Crippen MR) is 81.7 cm³/mol. The standard InChI is InChI=1S/C15H25N3S/c1-10-6-11(2)12(3)18(8-10)15-17-14(9-19-15)7-16-13-4-5-13/h9-13,16H,4-8H2,1-3H3. The van der Waals surface area contributed by atoms with Crippen molar-refractivity contribution in [1.29, 1.82) is 0 Å². The van der Waals surface area contributed by atoms with Crippen LogP contribution in [0.15, 0.2) is 5.38 Å². The van der Waals surface area contributed by atoms with Crippen molar-refractivity contribution in [3.8, 4) is 0 Å². The van der Waals surface area contributed by atoms with E-state index >= 15 is 0 Å². The summed E-state index contributed by atoms with van der Waals surface area (Å²) in [5.74, 6) is 1.55. The summed E-state index contributed by atoms with van der Waals surface area (Å²) in [4.78, 5) is 7.35. The molecule has 2 aliphatic rings. The number of hydrogen-bond acceptors (Lipinski definition) is 4. The maximum Gasteiger partial charge on any atom is 0.185 e. The normalized spacial score (nSPS) is 31.7. The molecule has 3 unspecified atom stereocenters. The molecule has 2 fully saturated rings. The largest absolute Gasteiger partial charge is 0.345 e. The quantitative estimate of drug-likeness (QED) is 0.917. The highest BCUT2D eigenvalue weighted by Gasteiger charge is 2.30. The maximum atomic E-state index is 4.83. The number of piperidine rings is 1. The molecule has 0 amide bonds. The zero-order valence-electron chi connectivity index (χ0n) is 12.2. The van der Waals surface area contributed by atoms with Crippen LogP contribution in [0.1, 0.15) is 45.7 Å². The smallest absolute Gasteiger partial charge is 0.185 e. The number of aromatic nitrogens is 1. The molecule has 19 heavy (non-hydrogen) atoms. The zero-order valence-corrected chi connectivity index (χ0v) is 13.0. The van der Waals surface area contributed by atoms with E-state index < -0.39 is 0 Å². The van der Waals surface area contributed by atoms with Crippen molar-refractivity contribution in [3.05, 3.63) is 11.1 Å². The van der Waals surface area contributed by atoms with Gasteiger partial charge in [-0.2, -0.15) is 0 Å². The van der Waals surface area contributed by atoms with Gasteiger partial charge in [0, 0.05) is 30.6 Å². The van der Waals surface area contributed by atoms with Gasteiger partial charge in [-0.25, -0.2) is 4.98 Å². The highest BCUT2D eigenvalue weighted by molar-refractivity contribution is 7.13. The summed E-state index contributed by atoms with van der Waals surface area (Å²) in [5, 5.41) is 6.99. The molecule has 1 aromatic heterocycles. The van der Waals surface area contributed by atoms with E-state index in [0.29, 0.717) is 6.04 Å². The van der Waals surface area contributed by atoms with Crippen LogP contribution in [0.2, 0.25) is 0 Å². The second-order valence-corrected chi connectivity index (χ2v) is 7.32. The van der Waals surface area contributed by atoms with Gasteiger partial charge in [0.25, 0.3) is 0 Å². The fraction of sp³-hybridized carbons (Fsp3) is 0.800. The first-order chi connectivity index (χ1) is 9.13.